The van der Waals surface area contributed by atoms with E-state index >= 15 is 0 Å². The highest BCUT2D eigenvalue weighted by atomic mass is 32.2. The van der Waals surface area contributed by atoms with Crippen molar-refractivity contribution in [3.05, 3.63) is 24.3 Å². The molecule has 5 rings (SSSR count). The summed E-state index contributed by atoms with van der Waals surface area (Å²) in [6.07, 6.45) is 0. The van der Waals surface area contributed by atoms with Gasteiger partial charge in [0.2, 0.25) is 0 Å². The molecule has 142 valence electrons. The van der Waals surface area contributed by atoms with E-state index in [0.29, 0.717) is 0 Å². The number of fused-ring (bicyclic) bond motifs is 6. The maximum absolute atomic E-state index is 11.9. The van der Waals surface area contributed by atoms with Gasteiger partial charge in [0.1, 0.15) is 31.9 Å². The molecule has 2 N–H and O–H groups in total. The van der Waals surface area contributed by atoms with Crippen LogP contribution in [0.1, 0.15) is 0 Å². The molecule has 0 spiro atoms. The summed E-state index contributed by atoms with van der Waals surface area (Å²) in [6, 6.07) is 4.70. The minimum absolute atomic E-state index is 0.00925. The molecule has 2 heterocycles. The Morgan fingerprint density at radius 1 is 0.607 bits per heavy atom. The quantitative estimate of drug-likeness (QED) is 0.309. The summed E-state index contributed by atoms with van der Waals surface area (Å²) in [5, 5.41) is 14.8. The van der Waals surface area contributed by atoms with Crippen LogP contribution in [0.15, 0.2) is 43.3 Å². The third kappa shape index (κ3) is 2.29. The average molecular weight is 422 g/mol. The Bertz CT molecular complexity index is 1540. The molecule has 5 aromatic rings. The topological polar surface area (TPSA) is 187 Å². The maximum atomic E-state index is 11.9. The molecule has 0 aliphatic heterocycles. The highest BCUT2D eigenvalue weighted by Gasteiger charge is 2.24. The van der Waals surface area contributed by atoms with Crippen molar-refractivity contribution in [3.63, 3.8) is 0 Å². The van der Waals surface area contributed by atoms with Crippen LogP contribution >= 0.6 is 0 Å². The summed E-state index contributed by atoms with van der Waals surface area (Å²) in [6.45, 7) is 0. The normalized spacial score (nSPS) is 13.2. The predicted octanol–water partition coefficient (Wildman–Crippen LogP) is 1.56. The van der Waals surface area contributed by atoms with Gasteiger partial charge in [-0.25, -0.2) is 9.26 Å². The Kier molecular flexibility index (Phi) is 3.14. The number of hydrogen-bond acceptors (Lipinski definition) is 10. The predicted molar refractivity (Wildman–Crippen MR) is 91.8 cm³/mol. The number of benzene rings is 3. The van der Waals surface area contributed by atoms with Crippen LogP contribution in [0, 0.1) is 0 Å². The lowest BCUT2D eigenvalue weighted by atomic mass is 10.0. The molecule has 0 radical (unpaired) electrons. The van der Waals surface area contributed by atoms with E-state index in [1.54, 1.807) is 0 Å². The fourth-order valence-corrected chi connectivity index (χ4v) is 4.60. The van der Waals surface area contributed by atoms with Crippen molar-refractivity contribution >= 4 is 63.8 Å². The molecule has 0 bridgehead atoms. The summed E-state index contributed by atoms with van der Waals surface area (Å²) in [5.41, 5.74) is 0.307. The lowest BCUT2D eigenvalue weighted by molar-refractivity contribution is 0.315. The van der Waals surface area contributed by atoms with Crippen LogP contribution in [0.3, 0.4) is 0 Å². The van der Waals surface area contributed by atoms with E-state index in [1.165, 1.54) is 12.1 Å². The largest absolute Gasteiger partial charge is 0.295 e. The minimum atomic E-state index is -4.68. The van der Waals surface area contributed by atoms with E-state index in [0.717, 1.165) is 12.1 Å². The van der Waals surface area contributed by atoms with Crippen LogP contribution in [0.25, 0.3) is 43.6 Å². The summed E-state index contributed by atoms with van der Waals surface area (Å²) in [7, 11) is -9.36. The molecular weight excluding hydrogens is 416 g/mol. The lowest BCUT2D eigenvalue weighted by Gasteiger charge is -2.09. The molecule has 0 saturated carbocycles. The Morgan fingerprint density at radius 3 is 1.36 bits per heavy atom. The molecule has 14 heteroatoms. The molecule has 0 aliphatic carbocycles. The highest BCUT2D eigenvalue weighted by Crippen LogP contribution is 2.37. The summed E-state index contributed by atoms with van der Waals surface area (Å²) in [4.78, 5) is -0.982. The summed E-state index contributed by atoms with van der Waals surface area (Å²) in [5.74, 6) is 0. The zero-order valence-electron chi connectivity index (χ0n) is 13.3. The first kappa shape index (κ1) is 16.9. The molecule has 0 aliphatic rings. The van der Waals surface area contributed by atoms with Gasteiger partial charge in [-0.3, -0.25) is 9.11 Å². The fraction of sp³-hybridized carbons (Fsp3) is 0. The van der Waals surface area contributed by atoms with E-state index in [4.69, 9.17) is 0 Å². The van der Waals surface area contributed by atoms with Crippen molar-refractivity contribution in [2.45, 2.75) is 9.79 Å². The first-order valence-electron chi connectivity index (χ1n) is 7.37. The molecule has 0 saturated heterocycles. The molecule has 0 unspecified atom stereocenters. The standard InChI is InChI=1S/C14H6N4O8S2/c19-27(20,21)11-3-10-14(18-26-16-10)8-2-6-7(1-5(8)11)13-9(15-25-17-13)4-12(6)28(22,23)24/h1-4H,(H,19,20,21)(H,22,23,24). The van der Waals surface area contributed by atoms with Crippen LogP contribution in [0.5, 0.6) is 0 Å². The Hall–Kier alpha value is -3.20. The third-order valence-electron chi connectivity index (χ3n) is 4.32. The smallest absolute Gasteiger partial charge is 0.282 e. The molecule has 28 heavy (non-hydrogen) atoms. The Balaban J connectivity index is 2.14. The second-order valence-corrected chi connectivity index (χ2v) is 8.69. The zero-order valence-corrected chi connectivity index (χ0v) is 14.9. The number of aromatic nitrogens is 4. The highest BCUT2D eigenvalue weighted by molar-refractivity contribution is 7.86. The van der Waals surface area contributed by atoms with E-state index in [1.807, 2.05) is 0 Å². The summed E-state index contributed by atoms with van der Waals surface area (Å²) >= 11 is 0. The first-order chi connectivity index (χ1) is 13.1. The van der Waals surface area contributed by atoms with Gasteiger partial charge in [0, 0.05) is 21.5 Å². The van der Waals surface area contributed by atoms with Gasteiger partial charge in [-0.2, -0.15) is 16.8 Å². The van der Waals surface area contributed by atoms with Gasteiger partial charge in [-0.15, -0.1) is 0 Å². The van der Waals surface area contributed by atoms with Crippen molar-refractivity contribution in [3.8, 4) is 0 Å². The van der Waals surface area contributed by atoms with Gasteiger partial charge in [0.05, 0.1) is 0 Å². The van der Waals surface area contributed by atoms with Crippen LogP contribution < -0.4 is 0 Å². The molecule has 0 amide bonds. The van der Waals surface area contributed by atoms with Gasteiger partial charge in [0.15, 0.2) is 0 Å². The van der Waals surface area contributed by atoms with E-state index in [2.05, 4.69) is 29.9 Å². The SMILES string of the molecule is O=S(=O)(O)c1cc2nonc2c2cc3c(S(=O)(=O)O)cc4nonc4c3cc12. The van der Waals surface area contributed by atoms with Crippen molar-refractivity contribution in [1.29, 1.82) is 0 Å². The second kappa shape index (κ2) is 5.20. The zero-order chi connectivity index (χ0) is 19.8. The first-order valence-corrected chi connectivity index (χ1v) is 10.3. The van der Waals surface area contributed by atoms with Gasteiger partial charge in [-0.05, 0) is 44.9 Å². The van der Waals surface area contributed by atoms with Crippen molar-refractivity contribution in [2.24, 2.45) is 0 Å². The van der Waals surface area contributed by atoms with Crippen LogP contribution in [0.4, 0.5) is 0 Å². The lowest BCUT2D eigenvalue weighted by Crippen LogP contribution is -2.02. The second-order valence-electron chi connectivity index (χ2n) is 5.91. The van der Waals surface area contributed by atoms with E-state index in [9.17, 15) is 25.9 Å². The van der Waals surface area contributed by atoms with Crippen LogP contribution in [0.2, 0.25) is 0 Å². The molecule has 0 fully saturated rings. The summed E-state index contributed by atoms with van der Waals surface area (Å²) < 4.78 is 76.0. The van der Waals surface area contributed by atoms with Crippen molar-refractivity contribution in [1.82, 2.24) is 20.6 Å². The van der Waals surface area contributed by atoms with Gasteiger partial charge in [-0.1, -0.05) is 0 Å². The van der Waals surface area contributed by atoms with Gasteiger partial charge >= 0.3 is 0 Å². The molecule has 3 aromatic carbocycles. The molecular formula is C14H6N4O8S2. The maximum Gasteiger partial charge on any atom is 0.295 e. The van der Waals surface area contributed by atoms with Crippen LogP contribution in [-0.2, 0) is 20.2 Å². The van der Waals surface area contributed by atoms with Gasteiger partial charge < -0.3 is 0 Å². The van der Waals surface area contributed by atoms with E-state index in [-0.39, 0.29) is 43.6 Å². The number of hydrogen-bond donors (Lipinski definition) is 2. The number of nitrogens with zero attached hydrogens (tertiary/aromatic N) is 4. The molecule has 0 atom stereocenters. The Labute approximate surface area is 154 Å². The third-order valence-corrected chi connectivity index (χ3v) is 6.11. The average Bonchev–Trinajstić information content (AvgIpc) is 3.26. The Morgan fingerprint density at radius 2 is 1.00 bits per heavy atom. The van der Waals surface area contributed by atoms with Crippen molar-refractivity contribution in [2.75, 3.05) is 0 Å². The fourth-order valence-electron chi connectivity index (χ4n) is 3.18. The van der Waals surface area contributed by atoms with Gasteiger partial charge in [0.25, 0.3) is 20.2 Å². The van der Waals surface area contributed by atoms with Crippen molar-refractivity contribution < 1.29 is 35.2 Å². The number of rotatable bonds is 2. The monoisotopic (exact) mass is 422 g/mol. The van der Waals surface area contributed by atoms with E-state index < -0.39 is 30.0 Å². The minimum Gasteiger partial charge on any atom is -0.282 e. The molecule has 2 aromatic heterocycles. The molecule has 12 nitrogen and oxygen atoms in total. The van der Waals surface area contributed by atoms with Crippen LogP contribution in [-0.4, -0.2) is 46.6 Å².